The van der Waals surface area contributed by atoms with E-state index in [1.54, 1.807) is 0 Å². The summed E-state index contributed by atoms with van der Waals surface area (Å²) in [7, 11) is 0. The van der Waals surface area contributed by atoms with Crippen molar-refractivity contribution in [3.8, 4) is 0 Å². The quantitative estimate of drug-likeness (QED) is 0.684. The second-order valence-corrected chi connectivity index (χ2v) is 4.35. The van der Waals surface area contributed by atoms with Gasteiger partial charge in [-0.05, 0) is 25.2 Å². The van der Waals surface area contributed by atoms with Crippen LogP contribution in [0.1, 0.15) is 40.0 Å². The molecule has 0 aliphatic carbocycles. The maximum Gasteiger partial charge on any atom is 0.409 e. The molecule has 0 aromatic rings. The van der Waals surface area contributed by atoms with Crippen LogP contribution < -0.4 is 0 Å². The molecule has 0 saturated carbocycles. The molecule has 1 saturated heterocycles. The lowest BCUT2D eigenvalue weighted by molar-refractivity contribution is 0.0724. The van der Waals surface area contributed by atoms with Gasteiger partial charge >= 0.3 is 6.09 Å². The molecule has 0 unspecified atom stereocenters. The molecule has 0 radical (unpaired) electrons. The van der Waals surface area contributed by atoms with Crippen LogP contribution in [0, 0.1) is 5.41 Å². The summed E-state index contributed by atoms with van der Waals surface area (Å²) in [6, 6.07) is 0. The average Bonchev–Trinajstić information content (AvgIpc) is 2.19. The summed E-state index contributed by atoms with van der Waals surface area (Å²) in [4.78, 5) is 13.2. The first-order valence-electron chi connectivity index (χ1n) is 5.53. The average molecular weight is 199 g/mol. The molecular weight excluding hydrogens is 178 g/mol. The summed E-state index contributed by atoms with van der Waals surface area (Å²) in [6.45, 7) is 8.54. The Morgan fingerprint density at radius 1 is 1.36 bits per heavy atom. The molecule has 1 aliphatic heterocycles. The van der Waals surface area contributed by atoms with Crippen molar-refractivity contribution in [1.82, 2.24) is 4.90 Å². The lowest BCUT2D eigenvalue weighted by Gasteiger charge is -2.38. The molecule has 0 bridgehead atoms. The number of nitrogens with zero attached hydrogens (tertiary/aromatic N) is 1. The summed E-state index contributed by atoms with van der Waals surface area (Å²) in [5.74, 6) is 0. The predicted octanol–water partition coefficient (Wildman–Crippen LogP) is 2.66. The van der Waals surface area contributed by atoms with E-state index < -0.39 is 0 Å². The summed E-state index contributed by atoms with van der Waals surface area (Å²) in [5, 5.41) is 0. The van der Waals surface area contributed by atoms with E-state index >= 15 is 0 Å². The number of ether oxygens (including phenoxy) is 1. The predicted molar refractivity (Wildman–Crippen MR) is 56.2 cm³/mol. The van der Waals surface area contributed by atoms with E-state index in [1.807, 2.05) is 11.8 Å². The molecule has 1 amide bonds. The van der Waals surface area contributed by atoms with Crippen molar-refractivity contribution < 1.29 is 9.53 Å². The standard InChI is InChI=1S/C11H21NO2/c1-4-11(3)6-8-12(9-7-11)10(13)14-5-2/h4-9H2,1-3H3. The van der Waals surface area contributed by atoms with E-state index in [-0.39, 0.29) is 6.09 Å². The number of rotatable bonds is 2. The number of likely N-dealkylation sites (tertiary alicyclic amines) is 1. The Kier molecular flexibility index (Phi) is 3.78. The van der Waals surface area contributed by atoms with Gasteiger partial charge in [-0.3, -0.25) is 0 Å². The van der Waals surface area contributed by atoms with Crippen molar-refractivity contribution in [3.05, 3.63) is 0 Å². The topological polar surface area (TPSA) is 29.5 Å². The highest BCUT2D eigenvalue weighted by Gasteiger charge is 2.30. The third-order valence-electron chi connectivity index (χ3n) is 3.35. The maximum absolute atomic E-state index is 11.4. The lowest BCUT2D eigenvalue weighted by atomic mass is 9.78. The number of carbonyl (C=O) groups is 1. The molecule has 1 aliphatic rings. The Balaban J connectivity index is 2.39. The smallest absolute Gasteiger partial charge is 0.409 e. The van der Waals surface area contributed by atoms with Crippen LogP contribution in [-0.2, 0) is 4.74 Å². The Bertz CT molecular complexity index is 195. The van der Waals surface area contributed by atoms with Crippen LogP contribution in [-0.4, -0.2) is 30.7 Å². The van der Waals surface area contributed by atoms with Crippen LogP contribution in [0.4, 0.5) is 4.79 Å². The van der Waals surface area contributed by atoms with Crippen molar-refractivity contribution >= 4 is 6.09 Å². The SMILES string of the molecule is CCOC(=O)N1CCC(C)(CC)CC1. The normalized spacial score (nSPS) is 20.6. The number of piperidine rings is 1. The van der Waals surface area contributed by atoms with E-state index in [1.165, 1.54) is 6.42 Å². The highest BCUT2D eigenvalue weighted by Crippen LogP contribution is 2.33. The van der Waals surface area contributed by atoms with Crippen LogP contribution >= 0.6 is 0 Å². The molecule has 3 nitrogen and oxygen atoms in total. The van der Waals surface area contributed by atoms with Gasteiger partial charge in [0.05, 0.1) is 6.61 Å². The van der Waals surface area contributed by atoms with Crippen LogP contribution in [0.5, 0.6) is 0 Å². The van der Waals surface area contributed by atoms with Crippen molar-refractivity contribution in [2.24, 2.45) is 5.41 Å². The largest absolute Gasteiger partial charge is 0.450 e. The first-order valence-corrected chi connectivity index (χ1v) is 5.53. The highest BCUT2D eigenvalue weighted by atomic mass is 16.6. The number of carbonyl (C=O) groups excluding carboxylic acids is 1. The Labute approximate surface area is 86.4 Å². The second kappa shape index (κ2) is 4.67. The molecule has 1 heterocycles. The van der Waals surface area contributed by atoms with Crippen molar-refractivity contribution in [3.63, 3.8) is 0 Å². The molecule has 3 heteroatoms. The zero-order valence-corrected chi connectivity index (χ0v) is 9.51. The molecule has 82 valence electrons. The molecule has 0 aromatic carbocycles. The van der Waals surface area contributed by atoms with Crippen molar-refractivity contribution in [2.75, 3.05) is 19.7 Å². The third-order valence-corrected chi connectivity index (χ3v) is 3.35. The Hall–Kier alpha value is -0.730. The lowest BCUT2D eigenvalue weighted by Crippen LogP contribution is -2.42. The van der Waals surface area contributed by atoms with Gasteiger partial charge in [-0.15, -0.1) is 0 Å². The minimum Gasteiger partial charge on any atom is -0.450 e. The molecule has 0 spiro atoms. The minimum atomic E-state index is -0.148. The van der Waals surface area contributed by atoms with E-state index in [9.17, 15) is 4.79 Å². The first kappa shape index (κ1) is 11.3. The van der Waals surface area contributed by atoms with Crippen LogP contribution in [0.25, 0.3) is 0 Å². The molecule has 0 atom stereocenters. The molecule has 1 rings (SSSR count). The highest BCUT2D eigenvalue weighted by molar-refractivity contribution is 5.67. The fraction of sp³-hybridized carbons (Fsp3) is 0.909. The third kappa shape index (κ3) is 2.63. The van der Waals surface area contributed by atoms with Gasteiger partial charge in [0.15, 0.2) is 0 Å². The molecule has 0 N–H and O–H groups in total. The minimum absolute atomic E-state index is 0.148. The summed E-state index contributed by atoms with van der Waals surface area (Å²) >= 11 is 0. The summed E-state index contributed by atoms with van der Waals surface area (Å²) < 4.78 is 4.97. The van der Waals surface area contributed by atoms with Crippen molar-refractivity contribution in [1.29, 1.82) is 0 Å². The molecular formula is C11H21NO2. The van der Waals surface area contributed by atoms with E-state index in [0.29, 0.717) is 12.0 Å². The number of amides is 1. The van der Waals surface area contributed by atoms with E-state index in [4.69, 9.17) is 4.74 Å². The van der Waals surface area contributed by atoms with Gasteiger partial charge in [-0.1, -0.05) is 20.3 Å². The van der Waals surface area contributed by atoms with Crippen LogP contribution in [0.15, 0.2) is 0 Å². The Morgan fingerprint density at radius 2 is 1.93 bits per heavy atom. The molecule has 14 heavy (non-hydrogen) atoms. The van der Waals surface area contributed by atoms with Gasteiger partial charge in [-0.25, -0.2) is 4.79 Å². The van der Waals surface area contributed by atoms with Gasteiger partial charge in [-0.2, -0.15) is 0 Å². The number of hydrogen-bond acceptors (Lipinski definition) is 2. The van der Waals surface area contributed by atoms with Crippen LogP contribution in [0.2, 0.25) is 0 Å². The number of hydrogen-bond donors (Lipinski definition) is 0. The fourth-order valence-electron chi connectivity index (χ4n) is 1.80. The first-order chi connectivity index (χ1) is 6.61. The van der Waals surface area contributed by atoms with Gasteiger partial charge in [0.1, 0.15) is 0 Å². The van der Waals surface area contributed by atoms with Gasteiger partial charge < -0.3 is 9.64 Å². The maximum atomic E-state index is 11.4. The monoisotopic (exact) mass is 199 g/mol. The molecule has 1 fully saturated rings. The Morgan fingerprint density at radius 3 is 2.36 bits per heavy atom. The van der Waals surface area contributed by atoms with E-state index in [2.05, 4.69) is 13.8 Å². The van der Waals surface area contributed by atoms with Crippen LogP contribution in [0.3, 0.4) is 0 Å². The van der Waals surface area contributed by atoms with Gasteiger partial charge in [0.2, 0.25) is 0 Å². The second-order valence-electron chi connectivity index (χ2n) is 4.35. The van der Waals surface area contributed by atoms with Crippen molar-refractivity contribution in [2.45, 2.75) is 40.0 Å². The van der Waals surface area contributed by atoms with E-state index in [0.717, 1.165) is 25.9 Å². The van der Waals surface area contributed by atoms with Gasteiger partial charge in [0, 0.05) is 13.1 Å². The molecule has 0 aromatic heterocycles. The summed E-state index contributed by atoms with van der Waals surface area (Å²) in [5.41, 5.74) is 0.434. The van der Waals surface area contributed by atoms with Gasteiger partial charge in [0.25, 0.3) is 0 Å². The zero-order chi connectivity index (χ0) is 10.6. The fourth-order valence-corrected chi connectivity index (χ4v) is 1.80. The zero-order valence-electron chi connectivity index (χ0n) is 9.51. The summed E-state index contributed by atoms with van der Waals surface area (Å²) in [6.07, 6.45) is 3.25.